The average molecular weight is 210 g/mol. The van der Waals surface area contributed by atoms with E-state index in [1.807, 2.05) is 0 Å². The normalized spacial score (nSPS) is 10.7. The van der Waals surface area contributed by atoms with Crippen molar-refractivity contribution in [3.63, 3.8) is 0 Å². The molecule has 0 aliphatic rings. The van der Waals surface area contributed by atoms with Crippen LogP contribution in [0.15, 0.2) is 17.1 Å². The first-order valence-corrected chi connectivity index (χ1v) is 5.14. The smallest absolute Gasteiger partial charge is 0.268 e. The second kappa shape index (κ2) is 5.50. The Morgan fingerprint density at radius 1 is 1.60 bits per heavy atom. The second-order valence-corrected chi connectivity index (χ2v) is 3.87. The van der Waals surface area contributed by atoms with Crippen molar-refractivity contribution in [2.24, 2.45) is 11.7 Å². The first-order chi connectivity index (χ1) is 7.13. The van der Waals surface area contributed by atoms with Gasteiger partial charge in [0.25, 0.3) is 5.56 Å². The van der Waals surface area contributed by atoms with Crippen LogP contribution < -0.4 is 16.6 Å². The zero-order chi connectivity index (χ0) is 11.3. The minimum atomic E-state index is -0.0780. The van der Waals surface area contributed by atoms with Gasteiger partial charge < -0.3 is 11.1 Å². The molecular formula is C10H18N4O. The molecule has 3 N–H and O–H groups in total. The molecule has 0 bridgehead atoms. The number of nitrogens with two attached hydrogens (primary N) is 1. The van der Waals surface area contributed by atoms with E-state index in [-0.39, 0.29) is 5.56 Å². The molecule has 15 heavy (non-hydrogen) atoms. The van der Waals surface area contributed by atoms with Gasteiger partial charge in [0.05, 0.1) is 11.9 Å². The molecule has 0 radical (unpaired) electrons. The van der Waals surface area contributed by atoms with Crippen LogP contribution in [0.5, 0.6) is 0 Å². The highest BCUT2D eigenvalue weighted by atomic mass is 16.1. The first kappa shape index (κ1) is 11.7. The summed E-state index contributed by atoms with van der Waals surface area (Å²) in [5, 5.41) is 7.09. The van der Waals surface area contributed by atoms with Crippen LogP contribution in [0.1, 0.15) is 13.8 Å². The lowest BCUT2D eigenvalue weighted by atomic mass is 10.2. The van der Waals surface area contributed by atoms with E-state index in [1.54, 1.807) is 12.3 Å². The van der Waals surface area contributed by atoms with Gasteiger partial charge in [0, 0.05) is 25.7 Å². The molecule has 0 saturated carbocycles. The monoisotopic (exact) mass is 210 g/mol. The van der Waals surface area contributed by atoms with E-state index in [4.69, 9.17) is 5.73 Å². The highest BCUT2D eigenvalue weighted by Crippen LogP contribution is 2.00. The van der Waals surface area contributed by atoms with Gasteiger partial charge in [-0.05, 0) is 5.92 Å². The van der Waals surface area contributed by atoms with E-state index in [0.717, 1.165) is 5.69 Å². The number of nitrogens with one attached hydrogen (secondary N) is 1. The van der Waals surface area contributed by atoms with Crippen LogP contribution in [-0.2, 0) is 6.54 Å². The molecule has 0 saturated heterocycles. The first-order valence-electron chi connectivity index (χ1n) is 5.14. The summed E-state index contributed by atoms with van der Waals surface area (Å²) in [5.74, 6) is 0.415. The molecule has 0 spiro atoms. The molecule has 84 valence electrons. The van der Waals surface area contributed by atoms with Gasteiger partial charge in [-0.1, -0.05) is 13.8 Å². The Kier molecular flexibility index (Phi) is 4.30. The quantitative estimate of drug-likeness (QED) is 0.731. The van der Waals surface area contributed by atoms with Gasteiger partial charge in [0.1, 0.15) is 0 Å². The van der Waals surface area contributed by atoms with Crippen molar-refractivity contribution in [2.45, 2.75) is 20.4 Å². The van der Waals surface area contributed by atoms with E-state index >= 15 is 0 Å². The topological polar surface area (TPSA) is 72.9 Å². The van der Waals surface area contributed by atoms with Gasteiger partial charge in [-0.25, -0.2) is 4.68 Å². The van der Waals surface area contributed by atoms with Gasteiger partial charge in [0.15, 0.2) is 0 Å². The summed E-state index contributed by atoms with van der Waals surface area (Å²) < 4.78 is 1.47. The largest absolute Gasteiger partial charge is 0.382 e. The van der Waals surface area contributed by atoms with Gasteiger partial charge in [-0.2, -0.15) is 5.10 Å². The third-order valence-electron chi connectivity index (χ3n) is 1.88. The van der Waals surface area contributed by atoms with Crippen LogP contribution in [-0.4, -0.2) is 22.9 Å². The maximum atomic E-state index is 11.6. The Hall–Kier alpha value is -1.36. The second-order valence-electron chi connectivity index (χ2n) is 3.87. The van der Waals surface area contributed by atoms with Gasteiger partial charge in [-0.15, -0.1) is 0 Å². The Balaban J connectivity index is 2.74. The summed E-state index contributed by atoms with van der Waals surface area (Å²) in [6.45, 7) is 5.93. The predicted octanol–water partition coefficient (Wildman–Crippen LogP) is 0.270. The fraction of sp³-hybridized carbons (Fsp3) is 0.600. The highest BCUT2D eigenvalue weighted by Gasteiger charge is 2.01. The summed E-state index contributed by atoms with van der Waals surface area (Å²) in [5.41, 5.74) is 5.99. The number of hydrogen-bond donors (Lipinski definition) is 2. The van der Waals surface area contributed by atoms with E-state index in [0.29, 0.717) is 25.6 Å². The number of anilines is 1. The molecule has 0 amide bonds. The van der Waals surface area contributed by atoms with Crippen LogP contribution in [0.3, 0.4) is 0 Å². The highest BCUT2D eigenvalue weighted by molar-refractivity contribution is 5.38. The molecule has 0 aliphatic carbocycles. The van der Waals surface area contributed by atoms with E-state index in [9.17, 15) is 4.79 Å². The van der Waals surface area contributed by atoms with Crippen molar-refractivity contribution in [1.29, 1.82) is 0 Å². The van der Waals surface area contributed by atoms with Gasteiger partial charge in [0.2, 0.25) is 0 Å². The molecule has 1 rings (SSSR count). The third-order valence-corrected chi connectivity index (χ3v) is 1.88. The van der Waals surface area contributed by atoms with Crippen LogP contribution >= 0.6 is 0 Å². The maximum Gasteiger partial charge on any atom is 0.268 e. The third kappa shape index (κ3) is 3.71. The molecule has 1 aromatic rings. The summed E-state index contributed by atoms with van der Waals surface area (Å²) in [4.78, 5) is 11.6. The summed E-state index contributed by atoms with van der Waals surface area (Å²) in [6, 6.07) is 1.55. The van der Waals surface area contributed by atoms with E-state index in [2.05, 4.69) is 24.3 Å². The lowest BCUT2D eigenvalue weighted by molar-refractivity contribution is 0.464. The lowest BCUT2D eigenvalue weighted by Crippen LogP contribution is -2.25. The van der Waals surface area contributed by atoms with Crippen molar-refractivity contribution < 1.29 is 0 Å². The maximum absolute atomic E-state index is 11.6. The van der Waals surface area contributed by atoms with Crippen LogP contribution in [0, 0.1) is 5.92 Å². The van der Waals surface area contributed by atoms with E-state index in [1.165, 1.54) is 4.68 Å². The number of rotatable bonds is 5. The standard InChI is InChI=1S/C10H18N4O/c1-8(2)7-14-10(15)5-9(6-13-14)12-4-3-11/h5-6,8,12H,3-4,7,11H2,1-2H3. The predicted molar refractivity (Wildman–Crippen MR) is 60.9 cm³/mol. The SMILES string of the molecule is CC(C)Cn1ncc(NCCN)cc1=O. The fourth-order valence-electron chi connectivity index (χ4n) is 1.23. The molecule has 0 fully saturated rings. The van der Waals surface area contributed by atoms with Crippen molar-refractivity contribution in [2.75, 3.05) is 18.4 Å². The summed E-state index contributed by atoms with van der Waals surface area (Å²) >= 11 is 0. The molecule has 0 atom stereocenters. The summed E-state index contributed by atoms with van der Waals surface area (Å²) in [6.07, 6.45) is 1.65. The Morgan fingerprint density at radius 2 is 2.33 bits per heavy atom. The average Bonchev–Trinajstić information content (AvgIpc) is 2.18. The number of nitrogens with zero attached hydrogens (tertiary/aromatic N) is 2. The van der Waals surface area contributed by atoms with Crippen LogP contribution in [0.4, 0.5) is 5.69 Å². The Labute approximate surface area is 89.3 Å². The molecule has 0 aromatic carbocycles. The van der Waals surface area contributed by atoms with Gasteiger partial charge in [-0.3, -0.25) is 4.79 Å². The van der Waals surface area contributed by atoms with Crippen molar-refractivity contribution >= 4 is 5.69 Å². The zero-order valence-electron chi connectivity index (χ0n) is 9.23. The Morgan fingerprint density at radius 3 is 2.87 bits per heavy atom. The molecule has 0 aliphatic heterocycles. The lowest BCUT2D eigenvalue weighted by Gasteiger charge is -2.08. The Bertz CT molecular complexity index is 359. The minimum absolute atomic E-state index is 0.0780. The van der Waals surface area contributed by atoms with E-state index < -0.39 is 0 Å². The molecule has 1 heterocycles. The molecular weight excluding hydrogens is 192 g/mol. The molecule has 5 nitrogen and oxygen atoms in total. The fourth-order valence-corrected chi connectivity index (χ4v) is 1.23. The zero-order valence-corrected chi connectivity index (χ0v) is 9.23. The molecule has 1 aromatic heterocycles. The summed E-state index contributed by atoms with van der Waals surface area (Å²) in [7, 11) is 0. The van der Waals surface area contributed by atoms with Crippen LogP contribution in [0.25, 0.3) is 0 Å². The van der Waals surface area contributed by atoms with Crippen molar-refractivity contribution in [3.8, 4) is 0 Å². The molecule has 5 heteroatoms. The minimum Gasteiger partial charge on any atom is -0.382 e. The van der Waals surface area contributed by atoms with Gasteiger partial charge >= 0.3 is 0 Å². The number of aromatic nitrogens is 2. The molecule has 0 unspecified atom stereocenters. The van der Waals surface area contributed by atoms with Crippen LogP contribution in [0.2, 0.25) is 0 Å². The number of hydrogen-bond acceptors (Lipinski definition) is 4. The van der Waals surface area contributed by atoms with Crippen molar-refractivity contribution in [1.82, 2.24) is 9.78 Å². The van der Waals surface area contributed by atoms with Crippen molar-refractivity contribution in [3.05, 3.63) is 22.6 Å².